The van der Waals surface area contributed by atoms with Crippen LogP contribution in [0.15, 0.2) is 6.07 Å². The van der Waals surface area contributed by atoms with E-state index < -0.39 is 0 Å². The van der Waals surface area contributed by atoms with Gasteiger partial charge in [0, 0.05) is 5.69 Å². The van der Waals surface area contributed by atoms with Crippen molar-refractivity contribution < 1.29 is 9.59 Å². The quantitative estimate of drug-likeness (QED) is 0.754. The molecule has 16 heavy (non-hydrogen) atoms. The number of carbonyl (C=O) groups excluding carboxylic acids is 2. The molecule has 0 N–H and O–H groups in total. The van der Waals surface area contributed by atoms with Crippen LogP contribution in [0.1, 0.15) is 11.5 Å². The van der Waals surface area contributed by atoms with Gasteiger partial charge in [0.2, 0.25) is 5.91 Å². The average molecular weight is 258 g/mol. The van der Waals surface area contributed by atoms with Gasteiger partial charge in [-0.3, -0.25) is 14.5 Å². The standard InChI is InChI=1S/C9H8ClN3O2S/c1-5-2-6(10)12-7(11-5)3-13-8(14)4-16-9(13)15/h2H,3-4H2,1H3. The minimum absolute atomic E-state index is 0.0894. The SMILES string of the molecule is Cc1cc(Cl)nc(CN2C(=O)CSC2=O)n1. The molecular weight excluding hydrogens is 250 g/mol. The molecule has 2 heterocycles. The molecule has 0 bridgehead atoms. The molecule has 0 aromatic carbocycles. The van der Waals surface area contributed by atoms with Gasteiger partial charge in [0.15, 0.2) is 0 Å². The zero-order chi connectivity index (χ0) is 11.7. The Hall–Kier alpha value is -1.14. The molecule has 7 heteroatoms. The first kappa shape index (κ1) is 11.3. The van der Waals surface area contributed by atoms with Crippen molar-refractivity contribution in [2.75, 3.05) is 5.75 Å². The van der Waals surface area contributed by atoms with Gasteiger partial charge in [0.05, 0.1) is 12.3 Å². The van der Waals surface area contributed by atoms with Crippen LogP contribution >= 0.6 is 23.4 Å². The van der Waals surface area contributed by atoms with E-state index in [0.29, 0.717) is 16.7 Å². The van der Waals surface area contributed by atoms with Crippen molar-refractivity contribution >= 4 is 34.5 Å². The summed E-state index contributed by atoms with van der Waals surface area (Å²) in [5.41, 5.74) is 0.710. The summed E-state index contributed by atoms with van der Waals surface area (Å²) in [6.07, 6.45) is 0. The van der Waals surface area contributed by atoms with Crippen molar-refractivity contribution in [2.24, 2.45) is 0 Å². The van der Waals surface area contributed by atoms with Crippen LogP contribution in [0, 0.1) is 6.92 Å². The van der Waals surface area contributed by atoms with E-state index in [2.05, 4.69) is 9.97 Å². The number of hydrogen-bond acceptors (Lipinski definition) is 5. The van der Waals surface area contributed by atoms with Crippen LogP contribution in [0.4, 0.5) is 4.79 Å². The molecule has 2 rings (SSSR count). The number of thioether (sulfide) groups is 1. The van der Waals surface area contributed by atoms with Gasteiger partial charge in [-0.05, 0) is 13.0 Å². The molecule has 84 valence electrons. The first-order valence-electron chi connectivity index (χ1n) is 4.53. The van der Waals surface area contributed by atoms with Crippen molar-refractivity contribution in [1.82, 2.24) is 14.9 Å². The highest BCUT2D eigenvalue weighted by atomic mass is 35.5. The molecule has 0 aliphatic carbocycles. The Morgan fingerprint density at radius 3 is 2.81 bits per heavy atom. The first-order valence-corrected chi connectivity index (χ1v) is 5.90. The lowest BCUT2D eigenvalue weighted by molar-refractivity contribution is -0.125. The van der Waals surface area contributed by atoms with Gasteiger partial charge in [-0.1, -0.05) is 23.4 Å². The van der Waals surface area contributed by atoms with E-state index in [9.17, 15) is 9.59 Å². The number of hydrogen-bond donors (Lipinski definition) is 0. The summed E-state index contributed by atoms with van der Waals surface area (Å²) >= 11 is 6.75. The van der Waals surface area contributed by atoms with Gasteiger partial charge in [0.25, 0.3) is 5.24 Å². The Kier molecular flexibility index (Phi) is 3.11. The lowest BCUT2D eigenvalue weighted by Gasteiger charge is -2.11. The molecule has 0 radical (unpaired) electrons. The number of carbonyl (C=O) groups is 2. The Balaban J connectivity index is 2.20. The molecule has 1 aromatic heterocycles. The lowest BCUT2D eigenvalue weighted by atomic mass is 10.4. The number of amides is 2. The van der Waals surface area contributed by atoms with Crippen molar-refractivity contribution in [3.63, 3.8) is 0 Å². The topological polar surface area (TPSA) is 63.2 Å². The van der Waals surface area contributed by atoms with Crippen molar-refractivity contribution in [1.29, 1.82) is 0 Å². The monoisotopic (exact) mass is 257 g/mol. The summed E-state index contributed by atoms with van der Waals surface area (Å²) in [6.45, 7) is 1.87. The second-order valence-electron chi connectivity index (χ2n) is 3.28. The number of rotatable bonds is 2. The molecule has 1 aliphatic heterocycles. The second-order valence-corrected chi connectivity index (χ2v) is 4.60. The predicted molar refractivity (Wildman–Crippen MR) is 60.2 cm³/mol. The van der Waals surface area contributed by atoms with E-state index in [1.54, 1.807) is 13.0 Å². The lowest BCUT2D eigenvalue weighted by Crippen LogP contribution is -2.28. The maximum atomic E-state index is 11.4. The normalized spacial score (nSPS) is 16.0. The van der Waals surface area contributed by atoms with E-state index in [-0.39, 0.29) is 23.4 Å². The second kappa shape index (κ2) is 4.39. The summed E-state index contributed by atoms with van der Waals surface area (Å²) in [5.74, 6) is 0.365. The van der Waals surface area contributed by atoms with Crippen LogP contribution in [0.25, 0.3) is 0 Å². The van der Waals surface area contributed by atoms with Crippen molar-refractivity contribution in [2.45, 2.75) is 13.5 Å². The molecule has 1 fully saturated rings. The Morgan fingerprint density at radius 1 is 1.50 bits per heavy atom. The zero-order valence-electron chi connectivity index (χ0n) is 8.44. The fourth-order valence-electron chi connectivity index (χ4n) is 1.33. The maximum absolute atomic E-state index is 11.4. The Labute approximate surface area is 101 Å². The fourth-order valence-corrected chi connectivity index (χ4v) is 2.32. The van der Waals surface area contributed by atoms with Gasteiger partial charge < -0.3 is 0 Å². The molecule has 0 atom stereocenters. The highest BCUT2D eigenvalue weighted by Crippen LogP contribution is 2.20. The van der Waals surface area contributed by atoms with Gasteiger partial charge in [-0.25, -0.2) is 9.97 Å². The molecule has 1 saturated heterocycles. The summed E-state index contributed by atoms with van der Waals surface area (Å²) < 4.78 is 0. The fraction of sp³-hybridized carbons (Fsp3) is 0.333. The molecule has 0 saturated carbocycles. The van der Waals surface area contributed by atoms with E-state index in [1.807, 2.05) is 0 Å². The molecule has 0 spiro atoms. The third-order valence-electron chi connectivity index (χ3n) is 2.01. The summed E-state index contributed by atoms with van der Waals surface area (Å²) in [6, 6.07) is 1.62. The largest absolute Gasteiger partial charge is 0.289 e. The number of imide groups is 1. The van der Waals surface area contributed by atoms with Gasteiger partial charge >= 0.3 is 0 Å². The maximum Gasteiger partial charge on any atom is 0.289 e. The van der Waals surface area contributed by atoms with Crippen LogP contribution in [-0.2, 0) is 11.3 Å². The highest BCUT2D eigenvalue weighted by Gasteiger charge is 2.30. The molecule has 0 unspecified atom stereocenters. The van der Waals surface area contributed by atoms with Crippen LogP contribution in [0.5, 0.6) is 0 Å². The van der Waals surface area contributed by atoms with E-state index in [1.165, 1.54) is 0 Å². The summed E-state index contributed by atoms with van der Waals surface area (Å²) in [5, 5.41) is 0.0560. The number of aryl methyl sites for hydroxylation is 1. The zero-order valence-corrected chi connectivity index (χ0v) is 10.0. The minimum atomic E-state index is -0.258. The molecule has 2 amide bonds. The van der Waals surface area contributed by atoms with Gasteiger partial charge in [-0.15, -0.1) is 0 Å². The smallest absolute Gasteiger partial charge is 0.273 e. The molecule has 1 aromatic rings. The van der Waals surface area contributed by atoms with Crippen molar-refractivity contribution in [3.8, 4) is 0 Å². The van der Waals surface area contributed by atoms with Gasteiger partial charge in [-0.2, -0.15) is 0 Å². The highest BCUT2D eigenvalue weighted by molar-refractivity contribution is 8.14. The molecule has 5 nitrogen and oxygen atoms in total. The number of aromatic nitrogens is 2. The molecular formula is C9H8ClN3O2S. The third kappa shape index (κ3) is 2.33. The third-order valence-corrected chi connectivity index (χ3v) is 3.06. The van der Waals surface area contributed by atoms with E-state index in [0.717, 1.165) is 16.7 Å². The van der Waals surface area contributed by atoms with E-state index >= 15 is 0 Å². The van der Waals surface area contributed by atoms with Gasteiger partial charge in [0.1, 0.15) is 11.0 Å². The minimum Gasteiger partial charge on any atom is -0.273 e. The summed E-state index contributed by atoms with van der Waals surface area (Å²) in [7, 11) is 0. The van der Waals surface area contributed by atoms with Crippen LogP contribution < -0.4 is 0 Å². The first-order chi connectivity index (χ1) is 7.56. The van der Waals surface area contributed by atoms with Crippen LogP contribution in [-0.4, -0.2) is 31.8 Å². The average Bonchev–Trinajstić information content (AvgIpc) is 2.48. The number of halogens is 1. The Morgan fingerprint density at radius 2 is 2.25 bits per heavy atom. The van der Waals surface area contributed by atoms with Crippen LogP contribution in [0.3, 0.4) is 0 Å². The number of nitrogens with zero attached hydrogens (tertiary/aromatic N) is 3. The predicted octanol–water partition coefficient (Wildman–Crippen LogP) is 1.63. The van der Waals surface area contributed by atoms with Crippen LogP contribution in [0.2, 0.25) is 5.15 Å². The molecule has 1 aliphatic rings. The van der Waals surface area contributed by atoms with Crippen molar-refractivity contribution in [3.05, 3.63) is 22.7 Å². The summed E-state index contributed by atoms with van der Waals surface area (Å²) in [4.78, 5) is 31.9. The van der Waals surface area contributed by atoms with E-state index in [4.69, 9.17) is 11.6 Å². The Bertz CT molecular complexity index is 430.